The molecule has 5 heteroatoms. The number of halogens is 1. The third-order valence-corrected chi connectivity index (χ3v) is 4.35. The van der Waals surface area contributed by atoms with E-state index in [0.29, 0.717) is 6.04 Å². The van der Waals surface area contributed by atoms with Crippen molar-refractivity contribution in [2.75, 3.05) is 13.2 Å². The summed E-state index contributed by atoms with van der Waals surface area (Å²) in [5, 5.41) is 0. The molecule has 1 aliphatic heterocycles. The lowest BCUT2D eigenvalue weighted by Crippen LogP contribution is -2.44. The summed E-state index contributed by atoms with van der Waals surface area (Å²) in [6.45, 7) is 4.83. The molecule has 0 radical (unpaired) electrons. The van der Waals surface area contributed by atoms with Crippen LogP contribution >= 0.6 is 15.9 Å². The molecule has 1 aromatic carbocycles. The first kappa shape index (κ1) is 13.8. The quantitative estimate of drug-likeness (QED) is 0.936. The molecule has 0 spiro atoms. The van der Waals surface area contributed by atoms with E-state index in [4.69, 9.17) is 4.74 Å². The summed E-state index contributed by atoms with van der Waals surface area (Å²) in [4.78, 5) is 9.68. The Kier molecular flexibility index (Phi) is 4.19. The van der Waals surface area contributed by atoms with Gasteiger partial charge in [-0.2, -0.15) is 0 Å². The molecule has 1 N–H and O–H groups in total. The van der Waals surface area contributed by atoms with Crippen LogP contribution in [0.4, 0.5) is 0 Å². The second-order valence-corrected chi connectivity index (χ2v) is 6.05. The number of imidazole rings is 1. The first-order valence-electron chi connectivity index (χ1n) is 6.82. The molecule has 2 atom stereocenters. The van der Waals surface area contributed by atoms with Gasteiger partial charge in [-0.25, -0.2) is 4.98 Å². The van der Waals surface area contributed by atoms with Gasteiger partial charge in [0.1, 0.15) is 0 Å². The molecule has 0 bridgehead atoms. The maximum absolute atomic E-state index is 5.98. The van der Waals surface area contributed by atoms with E-state index in [9.17, 15) is 0 Å². The van der Waals surface area contributed by atoms with Crippen LogP contribution in [0.3, 0.4) is 0 Å². The Balaban J connectivity index is 1.74. The van der Waals surface area contributed by atoms with Gasteiger partial charge in [0.05, 0.1) is 19.0 Å². The first-order valence-corrected chi connectivity index (χ1v) is 7.62. The van der Waals surface area contributed by atoms with Crippen molar-refractivity contribution in [2.24, 2.45) is 0 Å². The van der Waals surface area contributed by atoms with E-state index in [-0.39, 0.29) is 6.10 Å². The first-order chi connectivity index (χ1) is 9.74. The Hall–Kier alpha value is -1.17. The Morgan fingerprint density at radius 1 is 1.40 bits per heavy atom. The van der Waals surface area contributed by atoms with Gasteiger partial charge >= 0.3 is 0 Å². The zero-order valence-electron chi connectivity index (χ0n) is 11.4. The molecule has 1 saturated heterocycles. The number of rotatable bonds is 3. The van der Waals surface area contributed by atoms with Crippen LogP contribution in [0.2, 0.25) is 0 Å². The number of nitrogens with one attached hydrogen (secondary N) is 1. The fraction of sp³-hybridized carbons (Fsp3) is 0.400. The highest BCUT2D eigenvalue weighted by atomic mass is 79.9. The van der Waals surface area contributed by atoms with Crippen molar-refractivity contribution < 1.29 is 4.74 Å². The van der Waals surface area contributed by atoms with Crippen molar-refractivity contribution in [3.05, 3.63) is 52.5 Å². The maximum atomic E-state index is 5.98. The Labute approximate surface area is 127 Å². The van der Waals surface area contributed by atoms with Gasteiger partial charge in [0.25, 0.3) is 0 Å². The number of hydrogen-bond donors (Lipinski definition) is 1. The molecule has 0 aliphatic carbocycles. The largest absolute Gasteiger partial charge is 0.371 e. The van der Waals surface area contributed by atoms with E-state index >= 15 is 0 Å². The van der Waals surface area contributed by atoms with Gasteiger partial charge in [0.2, 0.25) is 0 Å². The van der Waals surface area contributed by atoms with Crippen LogP contribution in [0.25, 0.3) is 0 Å². The van der Waals surface area contributed by atoms with Gasteiger partial charge in [0.15, 0.2) is 0 Å². The third kappa shape index (κ3) is 2.95. The lowest BCUT2D eigenvalue weighted by atomic mass is 10.0. The Morgan fingerprint density at radius 2 is 2.20 bits per heavy atom. The van der Waals surface area contributed by atoms with Crippen LogP contribution in [-0.2, 0) is 11.3 Å². The van der Waals surface area contributed by atoms with E-state index in [1.807, 2.05) is 6.20 Å². The topological polar surface area (TPSA) is 41.1 Å². The summed E-state index contributed by atoms with van der Waals surface area (Å²) in [5.74, 6) is 0. The summed E-state index contributed by atoms with van der Waals surface area (Å²) >= 11 is 3.47. The normalized spacial score (nSPS) is 23.9. The van der Waals surface area contributed by atoms with E-state index in [2.05, 4.69) is 62.0 Å². The highest BCUT2D eigenvalue weighted by Crippen LogP contribution is 2.29. The van der Waals surface area contributed by atoms with Gasteiger partial charge in [-0.1, -0.05) is 28.1 Å². The van der Waals surface area contributed by atoms with Crippen LogP contribution in [0.15, 0.2) is 41.3 Å². The van der Waals surface area contributed by atoms with Gasteiger partial charge in [0, 0.05) is 35.5 Å². The highest BCUT2D eigenvalue weighted by molar-refractivity contribution is 9.10. The predicted molar refractivity (Wildman–Crippen MR) is 81.3 cm³/mol. The van der Waals surface area contributed by atoms with Crippen LogP contribution in [0.1, 0.15) is 24.3 Å². The second-order valence-electron chi connectivity index (χ2n) is 5.13. The van der Waals surface area contributed by atoms with Crippen molar-refractivity contribution >= 4 is 15.9 Å². The molecular formula is C15H18BrN3O. The third-order valence-electron chi connectivity index (χ3n) is 3.82. The highest BCUT2D eigenvalue weighted by Gasteiger charge is 2.30. The van der Waals surface area contributed by atoms with Crippen LogP contribution in [0.5, 0.6) is 0 Å². The molecule has 0 amide bonds. The van der Waals surface area contributed by atoms with Gasteiger partial charge in [-0.3, -0.25) is 4.90 Å². The molecule has 0 saturated carbocycles. The number of aromatic nitrogens is 2. The molecular weight excluding hydrogens is 318 g/mol. The number of benzene rings is 1. The Morgan fingerprint density at radius 3 is 2.90 bits per heavy atom. The molecule has 3 rings (SSSR count). The van der Waals surface area contributed by atoms with Gasteiger partial charge in [-0.15, -0.1) is 0 Å². The van der Waals surface area contributed by atoms with Crippen molar-refractivity contribution in [1.29, 1.82) is 0 Å². The molecule has 2 aromatic rings. The zero-order chi connectivity index (χ0) is 13.9. The fourth-order valence-corrected chi connectivity index (χ4v) is 2.94. The minimum Gasteiger partial charge on any atom is -0.371 e. The summed E-state index contributed by atoms with van der Waals surface area (Å²) in [6.07, 6.45) is 3.74. The van der Waals surface area contributed by atoms with E-state index in [1.54, 1.807) is 6.33 Å². The van der Waals surface area contributed by atoms with E-state index < -0.39 is 0 Å². The SMILES string of the molecule is CC1C(c2ccc(Br)cc2)OCCN1Cc1cnc[nH]1. The molecule has 106 valence electrons. The predicted octanol–water partition coefficient (Wildman–Crippen LogP) is 3.13. The van der Waals surface area contributed by atoms with E-state index in [1.165, 1.54) is 5.56 Å². The molecule has 2 unspecified atom stereocenters. The Bertz CT molecular complexity index is 541. The fourth-order valence-electron chi connectivity index (χ4n) is 2.67. The zero-order valence-corrected chi connectivity index (χ0v) is 13.0. The summed E-state index contributed by atoms with van der Waals surface area (Å²) < 4.78 is 7.08. The number of H-pyrrole nitrogens is 1. The van der Waals surface area contributed by atoms with Crippen molar-refractivity contribution in [3.8, 4) is 0 Å². The second kappa shape index (κ2) is 6.08. The number of morpholine rings is 1. The number of hydrogen-bond acceptors (Lipinski definition) is 3. The van der Waals surface area contributed by atoms with Crippen molar-refractivity contribution in [1.82, 2.24) is 14.9 Å². The summed E-state index contributed by atoms with van der Waals surface area (Å²) in [5.41, 5.74) is 2.38. The standard InChI is InChI=1S/C15H18BrN3O/c1-11-15(12-2-4-13(16)5-3-12)20-7-6-19(11)9-14-8-17-10-18-14/h2-5,8,10-11,15H,6-7,9H2,1H3,(H,17,18). The average Bonchev–Trinajstić information content (AvgIpc) is 2.95. The summed E-state index contributed by atoms with van der Waals surface area (Å²) in [7, 11) is 0. The molecule has 4 nitrogen and oxygen atoms in total. The molecule has 2 heterocycles. The monoisotopic (exact) mass is 335 g/mol. The van der Waals surface area contributed by atoms with Crippen LogP contribution in [-0.4, -0.2) is 34.1 Å². The number of nitrogens with zero attached hydrogens (tertiary/aromatic N) is 2. The van der Waals surface area contributed by atoms with E-state index in [0.717, 1.165) is 29.9 Å². The lowest BCUT2D eigenvalue weighted by Gasteiger charge is -2.39. The molecule has 1 fully saturated rings. The van der Waals surface area contributed by atoms with Crippen LogP contribution in [0, 0.1) is 0 Å². The van der Waals surface area contributed by atoms with Gasteiger partial charge in [-0.05, 0) is 24.6 Å². The van der Waals surface area contributed by atoms with Crippen molar-refractivity contribution in [2.45, 2.75) is 25.6 Å². The summed E-state index contributed by atoms with van der Waals surface area (Å²) in [6, 6.07) is 8.74. The molecule has 1 aromatic heterocycles. The van der Waals surface area contributed by atoms with Gasteiger partial charge < -0.3 is 9.72 Å². The van der Waals surface area contributed by atoms with Crippen LogP contribution < -0.4 is 0 Å². The molecule has 1 aliphatic rings. The minimum absolute atomic E-state index is 0.125. The minimum atomic E-state index is 0.125. The number of ether oxygens (including phenoxy) is 1. The smallest absolute Gasteiger partial charge is 0.0978 e. The molecule has 20 heavy (non-hydrogen) atoms. The van der Waals surface area contributed by atoms with Crippen molar-refractivity contribution in [3.63, 3.8) is 0 Å². The average molecular weight is 336 g/mol. The lowest BCUT2D eigenvalue weighted by molar-refractivity contribution is -0.0705. The maximum Gasteiger partial charge on any atom is 0.0978 e. The number of aromatic amines is 1.